The van der Waals surface area contributed by atoms with E-state index in [-0.39, 0.29) is 0 Å². The number of aliphatic hydroxyl groups is 3. The van der Waals surface area contributed by atoms with Gasteiger partial charge in [0.05, 0.1) is 6.10 Å². The van der Waals surface area contributed by atoms with E-state index < -0.39 is 52.0 Å². The van der Waals surface area contributed by atoms with Crippen LogP contribution in [0.1, 0.15) is 6.92 Å². The topological polar surface area (TPSA) is 200 Å². The Labute approximate surface area is 114 Å². The quantitative estimate of drug-likeness (QED) is 0.180. The van der Waals surface area contributed by atoms with Gasteiger partial charge in [-0.05, 0) is 6.92 Å². The first-order valence-corrected chi connectivity index (χ1v) is 7.68. The van der Waals surface area contributed by atoms with Gasteiger partial charge < -0.3 is 20.1 Å². The van der Waals surface area contributed by atoms with Crippen LogP contribution in [0.2, 0.25) is 0 Å². The second kappa shape index (κ2) is 7.55. The van der Waals surface area contributed by atoms with Crippen molar-refractivity contribution in [1.82, 2.24) is 4.72 Å². The number of hydrogen-bond donors (Lipinski definition) is 6. The van der Waals surface area contributed by atoms with Crippen LogP contribution in [-0.4, -0.2) is 72.6 Å². The Bertz CT molecular complexity index is 485. The number of hydrogen-bond acceptors (Lipinski definition) is 9. The molecule has 0 aliphatic rings. The molecule has 14 heteroatoms. The third-order valence-corrected chi connectivity index (χ3v) is 2.77. The highest BCUT2D eigenvalue weighted by molar-refractivity contribution is 7.83. The molecule has 0 aliphatic carbocycles. The van der Waals surface area contributed by atoms with Gasteiger partial charge in [-0.2, -0.15) is 21.6 Å². The summed E-state index contributed by atoms with van der Waals surface area (Å²) in [5.41, 5.74) is 0. The fraction of sp³-hybridized carbons (Fsp3) is 1.00. The molecule has 0 bridgehead atoms. The van der Waals surface area contributed by atoms with Crippen molar-refractivity contribution in [3.8, 4) is 0 Å². The minimum absolute atomic E-state index is 1.04. The van der Waals surface area contributed by atoms with Crippen LogP contribution in [0.15, 0.2) is 0 Å². The Hall–Kier alpha value is -0.420. The van der Waals surface area contributed by atoms with Crippen molar-refractivity contribution in [3.63, 3.8) is 0 Å². The second-order valence-corrected chi connectivity index (χ2v) is 5.83. The lowest BCUT2D eigenvalue weighted by molar-refractivity contribution is -0.231. The normalized spacial score (nSPS) is 19.3. The van der Waals surface area contributed by atoms with Crippen molar-refractivity contribution in [3.05, 3.63) is 0 Å². The maximum absolute atomic E-state index is 10.6. The van der Waals surface area contributed by atoms with Gasteiger partial charge in [0.25, 0.3) is 0 Å². The molecular weight excluding hydrogens is 326 g/mol. The summed E-state index contributed by atoms with van der Waals surface area (Å²) in [5.74, 6) is 0. The van der Waals surface area contributed by atoms with Gasteiger partial charge in [0, 0.05) is 0 Å². The molecule has 4 atom stereocenters. The maximum atomic E-state index is 10.6. The van der Waals surface area contributed by atoms with E-state index >= 15 is 0 Å². The second-order valence-electron chi connectivity index (χ2n) is 3.55. The molecule has 0 fully saturated rings. The van der Waals surface area contributed by atoms with Crippen molar-refractivity contribution >= 4 is 20.7 Å². The molecule has 0 amide bonds. The Kier molecular flexibility index (Phi) is 7.39. The Morgan fingerprint density at radius 3 is 1.95 bits per heavy atom. The van der Waals surface area contributed by atoms with Gasteiger partial charge in [-0.1, -0.05) is 0 Å². The molecule has 0 aromatic carbocycles. The highest BCUT2D eigenvalue weighted by Gasteiger charge is 2.30. The van der Waals surface area contributed by atoms with E-state index in [9.17, 15) is 27.0 Å². The van der Waals surface area contributed by atoms with Gasteiger partial charge >= 0.3 is 20.7 Å². The van der Waals surface area contributed by atoms with Gasteiger partial charge in [0.1, 0.15) is 12.6 Å². The Morgan fingerprint density at radius 1 is 1.10 bits per heavy atom. The fourth-order valence-corrected chi connectivity index (χ4v) is 1.94. The molecule has 0 rings (SSSR count). The van der Waals surface area contributed by atoms with E-state index in [1.807, 2.05) is 0 Å². The summed E-state index contributed by atoms with van der Waals surface area (Å²) in [7, 11) is -9.63. The van der Waals surface area contributed by atoms with Crippen molar-refractivity contribution < 1.29 is 50.2 Å². The van der Waals surface area contributed by atoms with Crippen LogP contribution in [0, 0.1) is 0 Å². The summed E-state index contributed by atoms with van der Waals surface area (Å²) in [4.78, 5) is 0. The summed E-state index contributed by atoms with van der Waals surface area (Å²) in [5, 5.41) is 27.7. The third-order valence-electron chi connectivity index (χ3n) is 1.77. The average Bonchev–Trinajstić information content (AvgIpc) is 2.20. The van der Waals surface area contributed by atoms with Crippen molar-refractivity contribution in [1.29, 1.82) is 0 Å². The van der Waals surface area contributed by atoms with E-state index in [2.05, 4.69) is 8.92 Å². The first kappa shape index (κ1) is 19.6. The molecule has 20 heavy (non-hydrogen) atoms. The summed E-state index contributed by atoms with van der Waals surface area (Å²) in [6, 6.07) is -1.76. The molecule has 0 spiro atoms. The summed E-state index contributed by atoms with van der Waals surface area (Å²) < 4.78 is 67.7. The molecule has 122 valence electrons. The van der Waals surface area contributed by atoms with Gasteiger partial charge in [0.2, 0.25) is 0 Å². The first-order chi connectivity index (χ1) is 8.82. The highest BCUT2D eigenvalue weighted by atomic mass is 32.3. The molecule has 4 unspecified atom stereocenters. The van der Waals surface area contributed by atoms with Crippen LogP contribution in [0.3, 0.4) is 0 Å². The molecule has 0 saturated carbocycles. The monoisotopic (exact) mass is 341 g/mol. The zero-order valence-electron chi connectivity index (χ0n) is 10.0. The molecule has 0 saturated heterocycles. The number of ether oxygens (including phenoxy) is 1. The first-order valence-electron chi connectivity index (χ1n) is 4.88. The summed E-state index contributed by atoms with van der Waals surface area (Å²) in [6.07, 6.45) is -5.77. The minimum atomic E-state index is -4.84. The largest absolute Gasteiger partial charge is 0.397 e. The van der Waals surface area contributed by atoms with Crippen LogP contribution in [0.5, 0.6) is 0 Å². The fourth-order valence-electron chi connectivity index (χ4n) is 0.996. The molecule has 6 N–H and O–H groups in total. The molecule has 0 aliphatic heterocycles. The number of rotatable bonds is 9. The van der Waals surface area contributed by atoms with E-state index in [0.29, 0.717) is 0 Å². The van der Waals surface area contributed by atoms with Gasteiger partial charge in [0.15, 0.2) is 12.6 Å². The van der Waals surface area contributed by atoms with Crippen LogP contribution in [-0.2, 0) is 29.6 Å². The standard InChI is InChI=1S/C6H15NO11S2/c1-3(8)5(7-19(11,12)13)6(10)18-4(9)2-17-20(14,15)16/h3-10H,2H2,1H3,(H,11,12,13)(H,14,15,16). The van der Waals surface area contributed by atoms with E-state index in [1.54, 1.807) is 0 Å². The van der Waals surface area contributed by atoms with E-state index in [0.717, 1.165) is 6.92 Å². The lowest BCUT2D eigenvalue weighted by Gasteiger charge is -2.26. The van der Waals surface area contributed by atoms with E-state index in [4.69, 9.17) is 14.2 Å². The average molecular weight is 341 g/mol. The predicted molar refractivity (Wildman–Crippen MR) is 60.8 cm³/mol. The lowest BCUT2D eigenvalue weighted by atomic mass is 10.2. The SMILES string of the molecule is CC(O)C(NS(=O)(=O)O)C(O)OC(O)COS(=O)(=O)O. The maximum Gasteiger partial charge on any atom is 0.397 e. The molecule has 0 heterocycles. The summed E-state index contributed by atoms with van der Waals surface area (Å²) in [6.45, 7) is -0.0647. The molecule has 0 aromatic rings. The van der Waals surface area contributed by atoms with Crippen molar-refractivity contribution in [2.75, 3.05) is 6.61 Å². The van der Waals surface area contributed by atoms with Gasteiger partial charge in [-0.15, -0.1) is 0 Å². The third kappa shape index (κ3) is 9.48. The van der Waals surface area contributed by atoms with Crippen molar-refractivity contribution in [2.24, 2.45) is 0 Å². The smallest absolute Gasteiger partial charge is 0.392 e. The van der Waals surface area contributed by atoms with Gasteiger partial charge in [-0.25, -0.2) is 4.18 Å². The zero-order chi connectivity index (χ0) is 16.1. The predicted octanol–water partition coefficient (Wildman–Crippen LogP) is -3.40. The van der Waals surface area contributed by atoms with Crippen molar-refractivity contribution in [2.45, 2.75) is 31.6 Å². The van der Waals surface area contributed by atoms with Gasteiger partial charge in [-0.3, -0.25) is 9.11 Å². The zero-order valence-corrected chi connectivity index (χ0v) is 11.7. The molecule has 0 radical (unpaired) electrons. The lowest BCUT2D eigenvalue weighted by Crippen LogP contribution is -2.51. The number of nitrogens with one attached hydrogen (secondary N) is 1. The van der Waals surface area contributed by atoms with Crippen LogP contribution in [0.4, 0.5) is 0 Å². The van der Waals surface area contributed by atoms with Crippen LogP contribution < -0.4 is 4.72 Å². The Balaban J connectivity index is 4.57. The molecular formula is C6H15NO11S2. The molecule has 12 nitrogen and oxygen atoms in total. The highest BCUT2D eigenvalue weighted by Crippen LogP contribution is 2.06. The summed E-state index contributed by atoms with van der Waals surface area (Å²) >= 11 is 0. The van der Waals surface area contributed by atoms with E-state index in [1.165, 1.54) is 4.72 Å². The van der Waals surface area contributed by atoms with Crippen LogP contribution in [0.25, 0.3) is 0 Å². The molecule has 0 aromatic heterocycles. The minimum Gasteiger partial charge on any atom is -0.392 e. The van der Waals surface area contributed by atoms with Crippen LogP contribution >= 0.6 is 0 Å². The number of aliphatic hydroxyl groups excluding tert-OH is 3. The Morgan fingerprint density at radius 2 is 1.60 bits per heavy atom.